The van der Waals surface area contributed by atoms with E-state index in [0.717, 1.165) is 5.56 Å². The topological polar surface area (TPSA) is 95.6 Å². The molecule has 0 heterocycles. The van der Waals surface area contributed by atoms with Gasteiger partial charge in [-0.2, -0.15) is 0 Å². The van der Waals surface area contributed by atoms with E-state index in [1.807, 2.05) is 0 Å². The van der Waals surface area contributed by atoms with E-state index in [9.17, 15) is 4.79 Å². The molecule has 5 heteroatoms. The van der Waals surface area contributed by atoms with Crippen molar-refractivity contribution in [1.29, 1.82) is 0 Å². The first-order valence-electron chi connectivity index (χ1n) is 4.09. The second kappa shape index (κ2) is 4.48. The van der Waals surface area contributed by atoms with Crippen LogP contribution in [0.1, 0.15) is 5.56 Å². The summed E-state index contributed by atoms with van der Waals surface area (Å²) in [7, 11) is 0. The van der Waals surface area contributed by atoms with E-state index in [1.54, 1.807) is 6.07 Å². The lowest BCUT2D eigenvalue weighted by molar-refractivity contribution is -0.117. The first-order chi connectivity index (χ1) is 6.59. The fourth-order valence-electron chi connectivity index (χ4n) is 1.01. The molecule has 0 saturated carbocycles. The first-order valence-corrected chi connectivity index (χ1v) is 4.09. The molecule has 0 saturated heterocycles. The van der Waals surface area contributed by atoms with E-state index in [0.29, 0.717) is 6.54 Å². The summed E-state index contributed by atoms with van der Waals surface area (Å²) in [5, 5.41) is 20.9. The minimum Gasteiger partial charge on any atom is -0.504 e. The second-order valence-electron chi connectivity index (χ2n) is 2.89. The Morgan fingerprint density at radius 1 is 1.36 bits per heavy atom. The molecular formula is C9H12N2O3. The lowest BCUT2D eigenvalue weighted by atomic mass is 10.2. The molecule has 1 rings (SSSR count). The summed E-state index contributed by atoms with van der Waals surface area (Å²) in [4.78, 5) is 10.4. The van der Waals surface area contributed by atoms with Crippen molar-refractivity contribution < 1.29 is 15.0 Å². The van der Waals surface area contributed by atoms with Crippen LogP contribution in [-0.4, -0.2) is 22.7 Å². The number of nitrogens with one attached hydrogen (secondary N) is 1. The monoisotopic (exact) mass is 196 g/mol. The Kier molecular flexibility index (Phi) is 3.30. The predicted octanol–water partition coefficient (Wildman–Crippen LogP) is -0.327. The highest BCUT2D eigenvalue weighted by Crippen LogP contribution is 2.24. The molecule has 0 bridgehead atoms. The molecule has 0 aliphatic carbocycles. The third kappa shape index (κ3) is 2.95. The third-order valence-electron chi connectivity index (χ3n) is 1.67. The van der Waals surface area contributed by atoms with E-state index >= 15 is 0 Å². The zero-order chi connectivity index (χ0) is 10.6. The number of nitrogens with two attached hydrogens (primary N) is 1. The number of primary amides is 1. The summed E-state index contributed by atoms with van der Waals surface area (Å²) in [6.45, 7) is 0.498. The summed E-state index contributed by atoms with van der Waals surface area (Å²) in [5.41, 5.74) is 5.69. The molecule has 1 amide bonds. The maximum Gasteiger partial charge on any atom is 0.231 e. The lowest BCUT2D eigenvalue weighted by Crippen LogP contribution is -2.28. The van der Waals surface area contributed by atoms with Crippen LogP contribution in [0.3, 0.4) is 0 Å². The van der Waals surface area contributed by atoms with Gasteiger partial charge in [0.15, 0.2) is 11.5 Å². The fraction of sp³-hybridized carbons (Fsp3) is 0.222. The molecule has 0 spiro atoms. The van der Waals surface area contributed by atoms with Gasteiger partial charge in [0.05, 0.1) is 6.54 Å². The molecule has 0 unspecified atom stereocenters. The maximum absolute atomic E-state index is 10.4. The van der Waals surface area contributed by atoms with Gasteiger partial charge in [0.1, 0.15) is 0 Å². The quantitative estimate of drug-likeness (QED) is 0.496. The Hall–Kier alpha value is -1.75. The van der Waals surface area contributed by atoms with Crippen molar-refractivity contribution in [3.8, 4) is 11.5 Å². The molecule has 76 valence electrons. The molecule has 5 nitrogen and oxygen atoms in total. The fourth-order valence-corrected chi connectivity index (χ4v) is 1.01. The molecule has 0 fully saturated rings. The molecule has 14 heavy (non-hydrogen) atoms. The van der Waals surface area contributed by atoms with Gasteiger partial charge in [-0.1, -0.05) is 6.07 Å². The van der Waals surface area contributed by atoms with Gasteiger partial charge in [-0.05, 0) is 17.7 Å². The molecule has 1 aromatic rings. The third-order valence-corrected chi connectivity index (χ3v) is 1.67. The zero-order valence-electron chi connectivity index (χ0n) is 7.53. The summed E-state index contributed by atoms with van der Waals surface area (Å²) in [6.07, 6.45) is 0. The van der Waals surface area contributed by atoms with Gasteiger partial charge >= 0.3 is 0 Å². The molecule has 0 atom stereocenters. The maximum atomic E-state index is 10.4. The van der Waals surface area contributed by atoms with E-state index < -0.39 is 5.91 Å². The van der Waals surface area contributed by atoms with Crippen molar-refractivity contribution in [1.82, 2.24) is 5.32 Å². The number of hydrogen-bond acceptors (Lipinski definition) is 4. The minimum absolute atomic E-state index is 0.0850. The smallest absolute Gasteiger partial charge is 0.231 e. The van der Waals surface area contributed by atoms with Gasteiger partial charge in [0.2, 0.25) is 5.91 Å². The van der Waals surface area contributed by atoms with E-state index in [4.69, 9.17) is 15.9 Å². The standard InChI is InChI=1S/C9H12N2O3/c10-9(14)5-11-4-6-1-2-7(12)8(13)3-6/h1-3,11-13H,4-5H2,(H2,10,14). The highest BCUT2D eigenvalue weighted by molar-refractivity contribution is 5.75. The van der Waals surface area contributed by atoms with Crippen LogP contribution in [0.2, 0.25) is 0 Å². The number of carbonyl (C=O) groups is 1. The Labute approximate surface area is 81.2 Å². The van der Waals surface area contributed by atoms with Crippen molar-refractivity contribution in [2.24, 2.45) is 5.73 Å². The van der Waals surface area contributed by atoms with E-state index in [-0.39, 0.29) is 18.0 Å². The summed E-state index contributed by atoms with van der Waals surface area (Å²) in [6, 6.07) is 4.45. The Bertz CT molecular complexity index is 339. The zero-order valence-corrected chi connectivity index (χ0v) is 7.53. The first kappa shape index (κ1) is 10.3. The van der Waals surface area contributed by atoms with Gasteiger partial charge in [-0.15, -0.1) is 0 Å². The van der Waals surface area contributed by atoms with Gasteiger partial charge in [0, 0.05) is 6.54 Å². The summed E-state index contributed by atoms with van der Waals surface area (Å²) >= 11 is 0. The van der Waals surface area contributed by atoms with Crippen molar-refractivity contribution in [2.45, 2.75) is 6.54 Å². The Morgan fingerprint density at radius 2 is 2.07 bits per heavy atom. The second-order valence-corrected chi connectivity index (χ2v) is 2.89. The number of aromatic hydroxyl groups is 2. The van der Waals surface area contributed by atoms with Gasteiger partial charge in [-0.3, -0.25) is 4.79 Å². The van der Waals surface area contributed by atoms with E-state index in [2.05, 4.69) is 5.32 Å². The molecule has 5 N–H and O–H groups in total. The number of benzene rings is 1. The summed E-state index contributed by atoms with van der Waals surface area (Å²) < 4.78 is 0. The SMILES string of the molecule is NC(=O)CNCc1ccc(O)c(O)c1. The Morgan fingerprint density at radius 3 is 2.64 bits per heavy atom. The number of amides is 1. The largest absolute Gasteiger partial charge is 0.504 e. The van der Waals surface area contributed by atoms with Crippen molar-refractivity contribution in [3.63, 3.8) is 0 Å². The Balaban J connectivity index is 2.51. The average molecular weight is 196 g/mol. The van der Waals surface area contributed by atoms with Crippen LogP contribution in [0, 0.1) is 0 Å². The van der Waals surface area contributed by atoms with Crippen LogP contribution in [0.15, 0.2) is 18.2 Å². The van der Waals surface area contributed by atoms with Crippen LogP contribution >= 0.6 is 0 Å². The molecule has 0 aliphatic rings. The normalized spacial score (nSPS) is 10.0. The number of carbonyl (C=O) groups excluding carboxylic acids is 1. The van der Waals surface area contributed by atoms with Gasteiger partial charge in [0.25, 0.3) is 0 Å². The molecular weight excluding hydrogens is 184 g/mol. The predicted molar refractivity (Wildman–Crippen MR) is 50.7 cm³/mol. The highest BCUT2D eigenvalue weighted by Gasteiger charge is 2.00. The number of hydrogen-bond donors (Lipinski definition) is 4. The van der Waals surface area contributed by atoms with Gasteiger partial charge < -0.3 is 21.3 Å². The molecule has 0 aliphatic heterocycles. The number of rotatable bonds is 4. The van der Waals surface area contributed by atoms with Gasteiger partial charge in [-0.25, -0.2) is 0 Å². The van der Waals surface area contributed by atoms with Crippen molar-refractivity contribution in [2.75, 3.05) is 6.54 Å². The average Bonchev–Trinajstić information content (AvgIpc) is 2.10. The number of phenolic OH excluding ortho intramolecular Hbond substituents is 2. The van der Waals surface area contributed by atoms with Crippen molar-refractivity contribution in [3.05, 3.63) is 23.8 Å². The van der Waals surface area contributed by atoms with Crippen LogP contribution < -0.4 is 11.1 Å². The molecule has 0 aromatic heterocycles. The lowest BCUT2D eigenvalue weighted by Gasteiger charge is -2.04. The van der Waals surface area contributed by atoms with Crippen LogP contribution in [0.5, 0.6) is 11.5 Å². The number of phenols is 2. The van der Waals surface area contributed by atoms with Crippen LogP contribution in [0.4, 0.5) is 0 Å². The molecule has 0 radical (unpaired) electrons. The van der Waals surface area contributed by atoms with Crippen LogP contribution in [-0.2, 0) is 11.3 Å². The molecule has 1 aromatic carbocycles. The van der Waals surface area contributed by atoms with E-state index in [1.165, 1.54) is 12.1 Å². The van der Waals surface area contributed by atoms with Crippen molar-refractivity contribution >= 4 is 5.91 Å². The summed E-state index contributed by atoms with van der Waals surface area (Å²) in [5.74, 6) is -0.778. The highest BCUT2D eigenvalue weighted by atomic mass is 16.3. The minimum atomic E-state index is -0.437. The van der Waals surface area contributed by atoms with Crippen LogP contribution in [0.25, 0.3) is 0 Å².